The van der Waals surface area contributed by atoms with Crippen LogP contribution in [-0.2, 0) is 21.8 Å². The van der Waals surface area contributed by atoms with E-state index in [1.54, 1.807) is 35.1 Å². The van der Waals surface area contributed by atoms with Crippen LogP contribution in [0, 0.1) is 6.92 Å². The summed E-state index contributed by atoms with van der Waals surface area (Å²) in [4.78, 5) is 0.299. The van der Waals surface area contributed by atoms with E-state index in [0.717, 1.165) is 11.1 Å². The number of hydrogen-bond donors (Lipinski definition) is 1. The highest BCUT2D eigenvalue weighted by atomic mass is 32.2. The molecule has 3 rings (SSSR count). The van der Waals surface area contributed by atoms with Crippen LogP contribution in [0.1, 0.15) is 30.1 Å². The normalized spacial score (nSPS) is 22.2. The van der Waals surface area contributed by atoms with Crippen molar-refractivity contribution in [1.82, 2.24) is 14.5 Å². The van der Waals surface area contributed by atoms with Crippen LogP contribution in [0.2, 0.25) is 0 Å². The van der Waals surface area contributed by atoms with Crippen LogP contribution in [0.15, 0.2) is 41.6 Å². The smallest absolute Gasteiger partial charge is 0.240 e. The summed E-state index contributed by atoms with van der Waals surface area (Å²) >= 11 is 0. The lowest BCUT2D eigenvalue weighted by atomic mass is 10.0. The molecule has 1 aliphatic heterocycles. The Morgan fingerprint density at radius 2 is 2.04 bits per heavy atom. The Morgan fingerprint density at radius 1 is 1.30 bits per heavy atom. The topological polar surface area (TPSA) is 73.2 Å². The minimum Gasteiger partial charge on any atom is -0.373 e. The van der Waals surface area contributed by atoms with Gasteiger partial charge in [0.1, 0.15) is 0 Å². The van der Waals surface area contributed by atoms with E-state index in [1.165, 1.54) is 0 Å². The largest absolute Gasteiger partial charge is 0.373 e. The van der Waals surface area contributed by atoms with Crippen LogP contribution in [-0.4, -0.2) is 30.8 Å². The van der Waals surface area contributed by atoms with Crippen LogP contribution in [0.4, 0.5) is 0 Å². The molecule has 0 spiro atoms. The average Bonchev–Trinajstić information content (AvgIpc) is 2.94. The minimum atomic E-state index is -3.50. The maximum Gasteiger partial charge on any atom is 0.240 e. The van der Waals surface area contributed by atoms with Crippen molar-refractivity contribution in [2.45, 2.75) is 36.8 Å². The summed E-state index contributed by atoms with van der Waals surface area (Å²) in [5, 5.41) is 4.15. The Bertz CT molecular complexity index is 768. The van der Waals surface area contributed by atoms with Gasteiger partial charge in [-0.25, -0.2) is 13.1 Å². The molecule has 1 aromatic carbocycles. The predicted octanol–water partition coefficient (Wildman–Crippen LogP) is 1.93. The second-order valence-corrected chi connectivity index (χ2v) is 7.68. The van der Waals surface area contributed by atoms with Crippen molar-refractivity contribution in [2.24, 2.45) is 7.05 Å². The maximum absolute atomic E-state index is 12.5. The van der Waals surface area contributed by atoms with Gasteiger partial charge in [-0.1, -0.05) is 17.7 Å². The molecule has 7 heteroatoms. The van der Waals surface area contributed by atoms with Crippen LogP contribution in [0.5, 0.6) is 0 Å². The number of aryl methyl sites for hydroxylation is 2. The van der Waals surface area contributed by atoms with Crippen LogP contribution >= 0.6 is 0 Å². The molecule has 2 atom stereocenters. The fourth-order valence-corrected chi connectivity index (χ4v) is 4.03. The van der Waals surface area contributed by atoms with Crippen molar-refractivity contribution >= 4 is 10.0 Å². The zero-order valence-electron chi connectivity index (χ0n) is 13.3. The van der Waals surface area contributed by atoms with Gasteiger partial charge in [0.25, 0.3) is 0 Å². The molecule has 0 amide bonds. The summed E-state index contributed by atoms with van der Waals surface area (Å²) < 4.78 is 35.3. The van der Waals surface area contributed by atoms with Crippen molar-refractivity contribution in [2.75, 3.05) is 6.61 Å². The molecule has 0 bridgehead atoms. The third kappa shape index (κ3) is 3.80. The molecule has 1 saturated heterocycles. The van der Waals surface area contributed by atoms with Gasteiger partial charge in [-0.3, -0.25) is 4.68 Å². The lowest BCUT2D eigenvalue weighted by molar-refractivity contribution is 0.00401. The van der Waals surface area contributed by atoms with Crippen LogP contribution in [0.3, 0.4) is 0 Å². The SMILES string of the molecule is Cc1ccc(S(=O)(=O)NC2CCOC(c3cnn(C)c3)C2)cc1. The zero-order valence-corrected chi connectivity index (χ0v) is 14.1. The van der Waals surface area contributed by atoms with Crippen molar-refractivity contribution in [3.8, 4) is 0 Å². The van der Waals surface area contributed by atoms with Crippen molar-refractivity contribution < 1.29 is 13.2 Å². The highest BCUT2D eigenvalue weighted by Gasteiger charge is 2.28. The number of hydrogen-bond acceptors (Lipinski definition) is 4. The quantitative estimate of drug-likeness (QED) is 0.926. The van der Waals surface area contributed by atoms with Gasteiger partial charge in [-0.05, 0) is 31.9 Å². The molecule has 0 radical (unpaired) electrons. The van der Waals surface area contributed by atoms with Gasteiger partial charge in [-0.15, -0.1) is 0 Å². The first-order valence-corrected chi connectivity index (χ1v) is 9.11. The molecule has 1 aromatic heterocycles. The molecule has 2 aromatic rings. The van der Waals surface area contributed by atoms with E-state index < -0.39 is 10.0 Å². The predicted molar refractivity (Wildman–Crippen MR) is 86.4 cm³/mol. The molecule has 1 N–H and O–H groups in total. The summed E-state index contributed by atoms with van der Waals surface area (Å²) in [6.07, 6.45) is 4.82. The molecule has 1 fully saturated rings. The molecular weight excluding hydrogens is 314 g/mol. The molecule has 0 aliphatic carbocycles. The van der Waals surface area contributed by atoms with E-state index in [1.807, 2.05) is 20.2 Å². The highest BCUT2D eigenvalue weighted by Crippen LogP contribution is 2.28. The van der Waals surface area contributed by atoms with Gasteiger partial charge in [0, 0.05) is 31.5 Å². The third-order valence-corrected chi connectivity index (χ3v) is 5.57. The number of sulfonamides is 1. The maximum atomic E-state index is 12.5. The monoisotopic (exact) mass is 335 g/mol. The lowest BCUT2D eigenvalue weighted by Crippen LogP contribution is -2.39. The van der Waals surface area contributed by atoms with E-state index in [2.05, 4.69) is 9.82 Å². The molecule has 124 valence electrons. The minimum absolute atomic E-state index is 0.122. The zero-order chi connectivity index (χ0) is 16.4. The van der Waals surface area contributed by atoms with Crippen molar-refractivity contribution in [3.63, 3.8) is 0 Å². The van der Waals surface area contributed by atoms with E-state index in [0.29, 0.717) is 24.3 Å². The average molecular weight is 335 g/mol. The van der Waals surface area contributed by atoms with Crippen LogP contribution in [0.25, 0.3) is 0 Å². The summed E-state index contributed by atoms with van der Waals surface area (Å²) in [6, 6.07) is 6.74. The molecule has 1 aliphatic rings. The molecular formula is C16H21N3O3S. The highest BCUT2D eigenvalue weighted by molar-refractivity contribution is 7.89. The number of nitrogens with zero attached hydrogens (tertiary/aromatic N) is 2. The number of ether oxygens (including phenoxy) is 1. The van der Waals surface area contributed by atoms with Crippen molar-refractivity contribution in [1.29, 1.82) is 0 Å². The van der Waals surface area contributed by atoms with Crippen molar-refractivity contribution in [3.05, 3.63) is 47.8 Å². The second-order valence-electron chi connectivity index (χ2n) is 5.96. The molecule has 0 saturated carbocycles. The van der Waals surface area contributed by atoms with Gasteiger partial charge in [-0.2, -0.15) is 5.10 Å². The fourth-order valence-electron chi connectivity index (χ4n) is 2.75. The number of aromatic nitrogens is 2. The number of nitrogens with one attached hydrogen (secondary N) is 1. The molecule has 2 heterocycles. The summed E-state index contributed by atoms with van der Waals surface area (Å²) in [6.45, 7) is 2.46. The third-order valence-electron chi connectivity index (χ3n) is 4.03. The van der Waals surface area contributed by atoms with Gasteiger partial charge in [0.2, 0.25) is 10.0 Å². The van der Waals surface area contributed by atoms with E-state index in [9.17, 15) is 8.42 Å². The standard InChI is InChI=1S/C16H21N3O3S/c1-12-3-5-15(6-4-12)23(20,21)18-14-7-8-22-16(9-14)13-10-17-19(2)11-13/h3-6,10-11,14,16,18H,7-9H2,1-2H3. The molecule has 2 unspecified atom stereocenters. The molecule has 6 nitrogen and oxygen atoms in total. The number of benzene rings is 1. The first-order valence-electron chi connectivity index (χ1n) is 7.63. The summed E-state index contributed by atoms with van der Waals surface area (Å²) in [5.41, 5.74) is 2.01. The number of rotatable bonds is 4. The summed E-state index contributed by atoms with van der Waals surface area (Å²) in [7, 11) is -1.65. The van der Waals surface area contributed by atoms with Gasteiger partial charge in [0.15, 0.2) is 0 Å². The van der Waals surface area contributed by atoms with E-state index in [4.69, 9.17) is 4.74 Å². The first-order chi connectivity index (χ1) is 10.9. The fraction of sp³-hybridized carbons (Fsp3) is 0.438. The Kier molecular flexibility index (Phi) is 4.52. The van der Waals surface area contributed by atoms with Gasteiger partial charge in [0.05, 0.1) is 17.2 Å². The summed E-state index contributed by atoms with van der Waals surface area (Å²) in [5.74, 6) is 0. The first kappa shape index (κ1) is 16.2. The lowest BCUT2D eigenvalue weighted by Gasteiger charge is -2.29. The Morgan fingerprint density at radius 3 is 2.70 bits per heavy atom. The van der Waals surface area contributed by atoms with E-state index in [-0.39, 0.29) is 12.1 Å². The Labute approximate surface area is 136 Å². The van der Waals surface area contributed by atoms with E-state index >= 15 is 0 Å². The Hall–Kier alpha value is -1.70. The Balaban J connectivity index is 1.70. The second kappa shape index (κ2) is 6.43. The van der Waals surface area contributed by atoms with Gasteiger partial charge < -0.3 is 4.74 Å². The van der Waals surface area contributed by atoms with Crippen LogP contribution < -0.4 is 4.72 Å². The van der Waals surface area contributed by atoms with Gasteiger partial charge >= 0.3 is 0 Å². The molecule has 23 heavy (non-hydrogen) atoms.